The van der Waals surface area contributed by atoms with E-state index < -0.39 is 0 Å². The first-order valence-electron chi connectivity index (χ1n) is 9.65. The van der Waals surface area contributed by atoms with Gasteiger partial charge in [-0.1, -0.05) is 42.5 Å². The molecule has 3 aromatic rings. The summed E-state index contributed by atoms with van der Waals surface area (Å²) >= 11 is 0. The average Bonchev–Trinajstić information content (AvgIpc) is 3.30. The minimum atomic E-state index is 0.0358. The van der Waals surface area contributed by atoms with Crippen LogP contribution in [-0.2, 0) is 0 Å². The van der Waals surface area contributed by atoms with Crippen LogP contribution in [0.15, 0.2) is 66.7 Å². The van der Waals surface area contributed by atoms with Crippen LogP contribution in [0, 0.1) is 11.8 Å². The molecule has 2 aliphatic rings. The number of benzene rings is 2. The van der Waals surface area contributed by atoms with E-state index in [0.717, 1.165) is 42.6 Å². The van der Waals surface area contributed by atoms with Crippen molar-refractivity contribution < 1.29 is 9.53 Å². The molecule has 1 aliphatic heterocycles. The third-order valence-corrected chi connectivity index (χ3v) is 5.93. The number of amides is 1. The number of fused-ring (bicyclic) bond motifs is 2. The van der Waals surface area contributed by atoms with Crippen molar-refractivity contribution in [3.63, 3.8) is 0 Å². The van der Waals surface area contributed by atoms with E-state index in [2.05, 4.69) is 4.98 Å². The van der Waals surface area contributed by atoms with Crippen molar-refractivity contribution in [2.75, 3.05) is 13.1 Å². The van der Waals surface area contributed by atoms with Crippen LogP contribution < -0.4 is 4.74 Å². The Labute approximate surface area is 158 Å². The van der Waals surface area contributed by atoms with Crippen LogP contribution in [-0.4, -0.2) is 35.0 Å². The maximum atomic E-state index is 13.0. The highest BCUT2D eigenvalue weighted by molar-refractivity contribution is 5.95. The normalized spacial score (nSPS) is 24.1. The van der Waals surface area contributed by atoms with Gasteiger partial charge in [-0.25, -0.2) is 4.98 Å². The summed E-state index contributed by atoms with van der Waals surface area (Å²) in [5.41, 5.74) is 1.40. The van der Waals surface area contributed by atoms with Gasteiger partial charge < -0.3 is 9.64 Å². The number of hydrogen-bond acceptors (Lipinski definition) is 3. The van der Waals surface area contributed by atoms with Gasteiger partial charge >= 0.3 is 0 Å². The molecule has 27 heavy (non-hydrogen) atoms. The minimum absolute atomic E-state index is 0.0358. The van der Waals surface area contributed by atoms with Gasteiger partial charge in [0.2, 0.25) is 0 Å². The lowest BCUT2D eigenvalue weighted by Crippen LogP contribution is -2.32. The molecule has 2 aromatic carbocycles. The fourth-order valence-corrected chi connectivity index (χ4v) is 4.55. The first kappa shape index (κ1) is 16.3. The molecule has 0 N–H and O–H groups in total. The highest BCUT2D eigenvalue weighted by Crippen LogP contribution is 2.40. The Balaban J connectivity index is 1.31. The van der Waals surface area contributed by atoms with Crippen molar-refractivity contribution in [1.29, 1.82) is 0 Å². The molecule has 5 rings (SSSR count). The molecule has 0 unspecified atom stereocenters. The first-order chi connectivity index (χ1) is 13.3. The van der Waals surface area contributed by atoms with Crippen molar-refractivity contribution in [1.82, 2.24) is 9.88 Å². The molecule has 1 saturated heterocycles. The number of aromatic nitrogens is 1. The Morgan fingerprint density at radius 3 is 2.63 bits per heavy atom. The summed E-state index contributed by atoms with van der Waals surface area (Å²) in [6.45, 7) is 1.57. The predicted molar refractivity (Wildman–Crippen MR) is 105 cm³/mol. The smallest absolute Gasteiger partial charge is 0.272 e. The number of carbonyl (C=O) groups excluding carboxylic acids is 1. The summed E-state index contributed by atoms with van der Waals surface area (Å²) in [4.78, 5) is 19.6. The number of rotatable bonds is 3. The topological polar surface area (TPSA) is 42.4 Å². The summed E-state index contributed by atoms with van der Waals surface area (Å²) in [7, 11) is 0. The molecule has 1 aliphatic carbocycles. The first-order valence-corrected chi connectivity index (χ1v) is 9.65. The molecule has 4 nitrogen and oxygen atoms in total. The van der Waals surface area contributed by atoms with Gasteiger partial charge in [0.15, 0.2) is 0 Å². The number of hydrogen-bond donors (Lipinski definition) is 0. The van der Waals surface area contributed by atoms with Gasteiger partial charge in [-0.15, -0.1) is 0 Å². The lowest BCUT2D eigenvalue weighted by molar-refractivity contribution is 0.0757. The van der Waals surface area contributed by atoms with E-state index in [-0.39, 0.29) is 12.0 Å². The van der Waals surface area contributed by atoms with E-state index in [4.69, 9.17) is 4.74 Å². The van der Waals surface area contributed by atoms with Crippen LogP contribution in [0.25, 0.3) is 10.9 Å². The van der Waals surface area contributed by atoms with E-state index in [9.17, 15) is 4.79 Å². The zero-order valence-electron chi connectivity index (χ0n) is 15.1. The maximum absolute atomic E-state index is 13.0. The van der Waals surface area contributed by atoms with Crippen LogP contribution in [0.4, 0.5) is 0 Å². The molecule has 3 atom stereocenters. The molecule has 136 valence electrons. The zero-order chi connectivity index (χ0) is 18.2. The standard InChI is InChI=1S/C23H22N2O2/c26-23(21-12-10-16-6-4-5-9-20(16)24-21)25-14-17-11-13-22(19(17)15-25)27-18-7-2-1-3-8-18/h1-10,12,17,19,22H,11,13-15H2/t17-,19+,22-/m0/s1. The summed E-state index contributed by atoms with van der Waals surface area (Å²) < 4.78 is 6.23. The van der Waals surface area contributed by atoms with Gasteiger partial charge in [0.1, 0.15) is 17.5 Å². The Kier molecular flexibility index (Phi) is 4.04. The van der Waals surface area contributed by atoms with Gasteiger partial charge in [-0.2, -0.15) is 0 Å². The van der Waals surface area contributed by atoms with E-state index in [1.807, 2.05) is 71.6 Å². The van der Waals surface area contributed by atoms with Gasteiger partial charge in [0, 0.05) is 24.4 Å². The molecule has 1 saturated carbocycles. The Morgan fingerprint density at radius 2 is 1.74 bits per heavy atom. The van der Waals surface area contributed by atoms with Crippen molar-refractivity contribution in [3.8, 4) is 5.75 Å². The second-order valence-electron chi connectivity index (χ2n) is 7.57. The van der Waals surface area contributed by atoms with E-state index in [1.54, 1.807) is 0 Å². The quantitative estimate of drug-likeness (QED) is 0.706. The van der Waals surface area contributed by atoms with Crippen LogP contribution in [0.5, 0.6) is 5.75 Å². The number of likely N-dealkylation sites (tertiary alicyclic amines) is 1. The lowest BCUT2D eigenvalue weighted by atomic mass is 9.99. The van der Waals surface area contributed by atoms with Crippen LogP contribution in [0.3, 0.4) is 0 Å². The molecule has 0 spiro atoms. The zero-order valence-corrected chi connectivity index (χ0v) is 15.1. The minimum Gasteiger partial charge on any atom is -0.490 e. The van der Waals surface area contributed by atoms with Crippen molar-refractivity contribution in [2.45, 2.75) is 18.9 Å². The van der Waals surface area contributed by atoms with Crippen molar-refractivity contribution >= 4 is 16.8 Å². The van der Waals surface area contributed by atoms with Gasteiger partial charge in [0.25, 0.3) is 5.91 Å². The number of carbonyl (C=O) groups is 1. The third kappa shape index (κ3) is 3.05. The molecule has 1 amide bonds. The van der Waals surface area contributed by atoms with Gasteiger partial charge in [0.05, 0.1) is 5.52 Å². The summed E-state index contributed by atoms with van der Waals surface area (Å²) in [6.07, 6.45) is 2.39. The Bertz CT molecular complexity index is 972. The molecule has 2 fully saturated rings. The molecule has 4 heteroatoms. The number of ether oxygens (including phenoxy) is 1. The molecule has 2 heterocycles. The summed E-state index contributed by atoms with van der Waals surface area (Å²) in [5, 5.41) is 1.06. The molecule has 0 radical (unpaired) electrons. The Morgan fingerprint density at radius 1 is 0.926 bits per heavy atom. The van der Waals surface area contributed by atoms with E-state index >= 15 is 0 Å². The lowest BCUT2D eigenvalue weighted by Gasteiger charge is -2.22. The van der Waals surface area contributed by atoms with Crippen molar-refractivity contribution in [3.05, 3.63) is 72.4 Å². The highest BCUT2D eigenvalue weighted by atomic mass is 16.5. The van der Waals surface area contributed by atoms with E-state index in [0.29, 0.717) is 17.5 Å². The predicted octanol–water partition coefficient (Wildman–Crippen LogP) is 4.16. The molecule has 0 bridgehead atoms. The van der Waals surface area contributed by atoms with Crippen molar-refractivity contribution in [2.24, 2.45) is 11.8 Å². The fourth-order valence-electron chi connectivity index (χ4n) is 4.55. The second kappa shape index (κ2) is 6.69. The number of nitrogens with zero attached hydrogens (tertiary/aromatic N) is 2. The van der Waals surface area contributed by atoms with Crippen LogP contribution in [0.1, 0.15) is 23.3 Å². The number of pyridine rings is 1. The van der Waals surface area contributed by atoms with Gasteiger partial charge in [-0.3, -0.25) is 4.79 Å². The molecular formula is C23H22N2O2. The monoisotopic (exact) mass is 358 g/mol. The van der Waals surface area contributed by atoms with Crippen LogP contribution >= 0.6 is 0 Å². The molecule has 1 aromatic heterocycles. The van der Waals surface area contributed by atoms with Gasteiger partial charge in [-0.05, 0) is 43.0 Å². The SMILES string of the molecule is O=C(c1ccc2ccccc2n1)N1C[C@@H]2CC[C@H](Oc3ccccc3)[C@@H]2C1. The molecular weight excluding hydrogens is 336 g/mol. The van der Waals surface area contributed by atoms with E-state index in [1.165, 1.54) is 0 Å². The highest BCUT2D eigenvalue weighted by Gasteiger charge is 2.45. The fraction of sp³-hybridized carbons (Fsp3) is 0.304. The maximum Gasteiger partial charge on any atom is 0.272 e. The van der Waals surface area contributed by atoms with Crippen LogP contribution in [0.2, 0.25) is 0 Å². The second-order valence-corrected chi connectivity index (χ2v) is 7.57. The summed E-state index contributed by atoms with van der Waals surface area (Å²) in [5.74, 6) is 1.90. The Hall–Kier alpha value is -2.88. The largest absolute Gasteiger partial charge is 0.490 e. The average molecular weight is 358 g/mol. The number of para-hydroxylation sites is 2. The third-order valence-electron chi connectivity index (χ3n) is 5.93. The summed E-state index contributed by atoms with van der Waals surface area (Å²) in [6, 6.07) is 21.7.